The molecular weight excluding hydrogens is 411 g/mol. The summed E-state index contributed by atoms with van der Waals surface area (Å²) in [6, 6.07) is 4.84. The Labute approximate surface area is 172 Å². The summed E-state index contributed by atoms with van der Waals surface area (Å²) < 4.78 is 5.32. The van der Waals surface area contributed by atoms with Crippen LogP contribution in [-0.4, -0.2) is 78.5 Å². The van der Waals surface area contributed by atoms with Crippen LogP contribution in [0, 0.1) is 0 Å². The highest BCUT2D eigenvalue weighted by Crippen LogP contribution is 2.39. The zero-order chi connectivity index (χ0) is 19.4. The van der Waals surface area contributed by atoms with Crippen molar-refractivity contribution in [1.29, 1.82) is 0 Å². The minimum Gasteiger partial charge on any atom is -0.396 e. The largest absolute Gasteiger partial charge is 0.396 e. The maximum absolute atomic E-state index is 13.0. The monoisotopic (exact) mass is 430 g/mol. The van der Waals surface area contributed by atoms with Crippen molar-refractivity contribution >= 4 is 52.4 Å². The molecule has 0 spiro atoms. The van der Waals surface area contributed by atoms with E-state index < -0.39 is 0 Å². The summed E-state index contributed by atoms with van der Waals surface area (Å²) in [4.78, 5) is 29.7. The zero-order valence-corrected chi connectivity index (χ0v) is 16.9. The third-order valence-electron chi connectivity index (χ3n) is 4.41. The molecule has 1 aromatic rings. The Kier molecular flexibility index (Phi) is 7.19. The summed E-state index contributed by atoms with van der Waals surface area (Å²) in [7, 11) is 0. The molecule has 1 aromatic carbocycles. The molecule has 2 amide bonds. The molecule has 0 radical (unpaired) electrons. The molecule has 1 saturated heterocycles. The van der Waals surface area contributed by atoms with Gasteiger partial charge in [0.15, 0.2) is 0 Å². The molecular formula is C18H20Cl2N2O4S. The molecule has 0 unspecified atom stereocenters. The Morgan fingerprint density at radius 1 is 1.11 bits per heavy atom. The molecule has 0 atom stereocenters. The smallest absolute Gasteiger partial charge is 0.268 e. The Morgan fingerprint density at radius 2 is 1.85 bits per heavy atom. The minimum atomic E-state index is -0.363. The summed E-state index contributed by atoms with van der Waals surface area (Å²) in [5.74, 6) is -0.383. The molecule has 0 aliphatic carbocycles. The Morgan fingerprint density at radius 3 is 2.52 bits per heavy atom. The van der Waals surface area contributed by atoms with Crippen molar-refractivity contribution in [1.82, 2.24) is 9.80 Å². The first-order valence-corrected chi connectivity index (χ1v) is 10.4. The van der Waals surface area contributed by atoms with Crippen LogP contribution >= 0.6 is 35.0 Å². The van der Waals surface area contributed by atoms with Crippen LogP contribution in [0.3, 0.4) is 0 Å². The average molecular weight is 431 g/mol. The molecule has 27 heavy (non-hydrogen) atoms. The molecule has 2 aliphatic heterocycles. The van der Waals surface area contributed by atoms with E-state index in [4.69, 9.17) is 33.0 Å². The molecule has 0 saturated carbocycles. The molecule has 2 aliphatic rings. The maximum Gasteiger partial charge on any atom is 0.268 e. The van der Waals surface area contributed by atoms with Gasteiger partial charge in [-0.05, 0) is 12.1 Å². The van der Waals surface area contributed by atoms with Gasteiger partial charge >= 0.3 is 0 Å². The first-order chi connectivity index (χ1) is 13.0. The number of hydrogen-bond donors (Lipinski definition) is 1. The molecule has 0 aromatic heterocycles. The van der Waals surface area contributed by atoms with Crippen LogP contribution in [0.1, 0.15) is 5.56 Å². The highest BCUT2D eigenvalue weighted by Gasteiger charge is 2.39. The molecule has 9 heteroatoms. The third kappa shape index (κ3) is 4.67. The van der Waals surface area contributed by atoms with Crippen molar-refractivity contribution in [3.63, 3.8) is 0 Å². The number of imide groups is 1. The van der Waals surface area contributed by atoms with Gasteiger partial charge < -0.3 is 9.84 Å². The predicted octanol–water partition coefficient (Wildman–Crippen LogP) is 2.13. The van der Waals surface area contributed by atoms with E-state index in [0.29, 0.717) is 52.6 Å². The number of carbonyl (C=O) groups excluding carboxylic acids is 2. The Bertz CT molecular complexity index is 766. The topological polar surface area (TPSA) is 70.1 Å². The second-order valence-electron chi connectivity index (χ2n) is 6.12. The van der Waals surface area contributed by atoms with Crippen molar-refractivity contribution in [2.75, 3.05) is 51.8 Å². The number of carbonyl (C=O) groups is 2. The van der Waals surface area contributed by atoms with Gasteiger partial charge in [0.2, 0.25) is 0 Å². The number of benzene rings is 1. The van der Waals surface area contributed by atoms with Crippen LogP contribution in [0.4, 0.5) is 0 Å². The number of hydrogen-bond acceptors (Lipinski definition) is 6. The van der Waals surface area contributed by atoms with E-state index in [1.165, 1.54) is 16.7 Å². The normalized spacial score (nSPS) is 18.7. The van der Waals surface area contributed by atoms with Gasteiger partial charge in [-0.25, -0.2) is 0 Å². The van der Waals surface area contributed by atoms with Gasteiger partial charge in [-0.15, -0.1) is 11.8 Å². The summed E-state index contributed by atoms with van der Waals surface area (Å²) in [5, 5.41) is 9.92. The number of aliphatic hydroxyl groups is 1. The molecule has 1 N–H and O–H groups in total. The first-order valence-electron chi connectivity index (χ1n) is 8.62. The number of rotatable bonds is 7. The lowest BCUT2D eigenvalue weighted by Gasteiger charge is -2.28. The van der Waals surface area contributed by atoms with Gasteiger partial charge in [-0.3, -0.25) is 19.4 Å². The van der Waals surface area contributed by atoms with Crippen LogP contribution in [-0.2, 0) is 14.3 Å². The Balaban J connectivity index is 1.84. The standard InChI is InChI=1S/C18H20Cl2N2O4S/c19-12-1-2-13(14(20)11-12)15-16(27-10-7-23)18(25)22(17(15)24)4-3-21-5-8-26-9-6-21/h1-2,11,23H,3-10H2. The zero-order valence-electron chi connectivity index (χ0n) is 14.6. The van der Waals surface area contributed by atoms with Gasteiger partial charge in [0, 0.05) is 42.5 Å². The summed E-state index contributed by atoms with van der Waals surface area (Å²) in [6.45, 7) is 3.69. The van der Waals surface area contributed by atoms with E-state index in [1.54, 1.807) is 18.2 Å². The lowest BCUT2D eigenvalue weighted by atomic mass is 10.1. The van der Waals surface area contributed by atoms with Gasteiger partial charge in [0.25, 0.3) is 11.8 Å². The van der Waals surface area contributed by atoms with Crippen LogP contribution in [0.25, 0.3) is 5.57 Å². The SMILES string of the molecule is O=C1C(SCCO)=C(c2ccc(Cl)cc2Cl)C(=O)N1CCN1CCOCC1. The quantitative estimate of drug-likeness (QED) is 0.668. The van der Waals surface area contributed by atoms with E-state index in [2.05, 4.69) is 4.90 Å². The summed E-state index contributed by atoms with van der Waals surface area (Å²) in [5.41, 5.74) is 0.760. The van der Waals surface area contributed by atoms with Gasteiger partial charge in [0.05, 0.1) is 35.3 Å². The van der Waals surface area contributed by atoms with Crippen molar-refractivity contribution in [2.45, 2.75) is 0 Å². The van der Waals surface area contributed by atoms with E-state index in [1.807, 2.05) is 0 Å². The van der Waals surface area contributed by atoms with E-state index in [-0.39, 0.29) is 24.0 Å². The highest BCUT2D eigenvalue weighted by molar-refractivity contribution is 8.04. The van der Waals surface area contributed by atoms with Crippen LogP contribution in [0.5, 0.6) is 0 Å². The van der Waals surface area contributed by atoms with Crippen molar-refractivity contribution in [3.05, 3.63) is 38.7 Å². The second-order valence-corrected chi connectivity index (χ2v) is 8.07. The fraction of sp³-hybridized carbons (Fsp3) is 0.444. The lowest BCUT2D eigenvalue weighted by molar-refractivity contribution is -0.136. The van der Waals surface area contributed by atoms with Gasteiger partial charge in [-0.2, -0.15) is 0 Å². The third-order valence-corrected chi connectivity index (χ3v) is 6.01. The van der Waals surface area contributed by atoms with Crippen molar-refractivity contribution in [3.8, 4) is 0 Å². The number of halogens is 2. The number of amides is 2. The van der Waals surface area contributed by atoms with E-state index in [9.17, 15) is 9.59 Å². The van der Waals surface area contributed by atoms with Gasteiger partial charge in [0.1, 0.15) is 0 Å². The predicted molar refractivity (Wildman–Crippen MR) is 107 cm³/mol. The van der Waals surface area contributed by atoms with E-state index >= 15 is 0 Å². The molecule has 6 nitrogen and oxygen atoms in total. The number of morpholine rings is 1. The molecule has 2 heterocycles. The van der Waals surface area contributed by atoms with Gasteiger partial charge in [-0.1, -0.05) is 29.3 Å². The maximum atomic E-state index is 13.0. The number of aliphatic hydroxyl groups excluding tert-OH is 1. The molecule has 146 valence electrons. The fourth-order valence-electron chi connectivity index (χ4n) is 3.03. The fourth-order valence-corrected chi connectivity index (χ4v) is 4.41. The summed E-state index contributed by atoms with van der Waals surface area (Å²) in [6.07, 6.45) is 0. The van der Waals surface area contributed by atoms with Crippen molar-refractivity contribution < 1.29 is 19.4 Å². The minimum absolute atomic E-state index is 0.0922. The summed E-state index contributed by atoms with van der Waals surface area (Å²) >= 11 is 13.4. The molecule has 3 rings (SSSR count). The number of ether oxygens (including phenoxy) is 1. The second kappa shape index (κ2) is 9.41. The highest BCUT2D eigenvalue weighted by atomic mass is 35.5. The van der Waals surface area contributed by atoms with Crippen LogP contribution in [0.15, 0.2) is 23.1 Å². The molecule has 1 fully saturated rings. The van der Waals surface area contributed by atoms with E-state index in [0.717, 1.165) is 13.1 Å². The molecule has 0 bridgehead atoms. The van der Waals surface area contributed by atoms with Crippen molar-refractivity contribution in [2.24, 2.45) is 0 Å². The lowest BCUT2D eigenvalue weighted by Crippen LogP contribution is -2.43. The number of nitrogens with zero attached hydrogens (tertiary/aromatic N) is 2. The van der Waals surface area contributed by atoms with Crippen LogP contribution in [0.2, 0.25) is 10.0 Å². The number of thioether (sulfide) groups is 1. The first kappa shape index (κ1) is 20.6. The average Bonchev–Trinajstić information content (AvgIpc) is 2.89. The van der Waals surface area contributed by atoms with Crippen LogP contribution < -0.4 is 0 Å². The Hall–Kier alpha value is -1.09.